The molecule has 2 aliphatic rings. The number of fused-ring (bicyclic) bond motifs is 1. The molecule has 1 nitrogen and oxygen atoms in total. The molecule has 0 heterocycles. The van der Waals surface area contributed by atoms with E-state index in [2.05, 4.69) is 87.5 Å². The Morgan fingerprint density at radius 1 is 1.03 bits per heavy atom. The van der Waals surface area contributed by atoms with E-state index in [4.69, 9.17) is 4.52 Å². The fraction of sp³-hybridized carbons (Fsp3) is 0.500. The molecule has 0 N–H and O–H groups in total. The van der Waals surface area contributed by atoms with Gasteiger partial charge in [0.2, 0.25) is 0 Å². The number of hydrogen-bond donors (Lipinski definition) is 0. The summed E-state index contributed by atoms with van der Waals surface area (Å²) in [5, 5.41) is 2.59. The molecular weight excluding hydrogens is 383 g/mol. The van der Waals surface area contributed by atoms with E-state index in [1.807, 2.05) is 0 Å². The number of allylic oxidation sites excluding steroid dienone is 1. The number of rotatable bonds is 7. The fourth-order valence-corrected chi connectivity index (χ4v) is 7.89. The molecule has 0 unspecified atom stereocenters. The average Bonchev–Trinajstić information content (AvgIpc) is 3.15. The molecule has 0 spiro atoms. The van der Waals surface area contributed by atoms with Crippen LogP contribution in [0.15, 0.2) is 72.3 Å². The van der Waals surface area contributed by atoms with E-state index >= 15 is 0 Å². The van der Waals surface area contributed by atoms with Crippen molar-refractivity contribution in [3.05, 3.63) is 72.3 Å². The molecular formula is C28H37OP. The van der Waals surface area contributed by atoms with Gasteiger partial charge in [-0.2, -0.15) is 0 Å². The molecule has 0 aliphatic heterocycles. The van der Waals surface area contributed by atoms with Crippen molar-refractivity contribution in [1.29, 1.82) is 0 Å². The lowest BCUT2D eigenvalue weighted by molar-refractivity contribution is 0.0957. The zero-order valence-corrected chi connectivity index (χ0v) is 19.8. The van der Waals surface area contributed by atoms with Gasteiger partial charge in [0.25, 0.3) is 0 Å². The van der Waals surface area contributed by atoms with Crippen LogP contribution in [0.1, 0.15) is 59.3 Å². The van der Waals surface area contributed by atoms with Crippen molar-refractivity contribution in [2.24, 2.45) is 23.2 Å². The molecule has 30 heavy (non-hydrogen) atoms. The standard InChI is InChI=1S/C28H37OP/c1-4-22(2)26-17-18-27-23(12-11-20-28(26,27)3)19-21-29-30(24-13-7-5-8-14-24)25-15-9-6-10-16-25/h5-10,13-16,19,22,26-27H,4,11-12,17-18,20-21H2,1-3H3/t22-,26+,27-,28+/m0/s1. The lowest BCUT2D eigenvalue weighted by Gasteiger charge is -2.44. The van der Waals surface area contributed by atoms with Gasteiger partial charge in [-0.15, -0.1) is 0 Å². The summed E-state index contributed by atoms with van der Waals surface area (Å²) in [6, 6.07) is 21.5. The van der Waals surface area contributed by atoms with Crippen LogP contribution in [-0.2, 0) is 4.52 Å². The Labute approximate surface area is 184 Å². The Kier molecular flexibility index (Phi) is 7.12. The quantitative estimate of drug-likeness (QED) is 0.339. The van der Waals surface area contributed by atoms with Gasteiger partial charge in [0.05, 0.1) is 14.8 Å². The van der Waals surface area contributed by atoms with Gasteiger partial charge in [0.15, 0.2) is 0 Å². The van der Waals surface area contributed by atoms with E-state index in [0.29, 0.717) is 5.41 Å². The summed E-state index contributed by atoms with van der Waals surface area (Å²) in [6.45, 7) is 8.16. The Morgan fingerprint density at radius 2 is 1.67 bits per heavy atom. The third-order valence-corrected chi connectivity index (χ3v) is 9.84. The molecule has 0 saturated heterocycles. The van der Waals surface area contributed by atoms with Crippen LogP contribution in [0.25, 0.3) is 0 Å². The lowest BCUT2D eigenvalue weighted by Crippen LogP contribution is -2.35. The molecule has 2 aliphatic carbocycles. The zero-order valence-electron chi connectivity index (χ0n) is 18.9. The number of hydrogen-bond acceptors (Lipinski definition) is 1. The van der Waals surface area contributed by atoms with Gasteiger partial charge in [-0.3, -0.25) is 0 Å². The molecule has 0 aromatic heterocycles. The highest BCUT2D eigenvalue weighted by Crippen LogP contribution is 2.59. The second-order valence-electron chi connectivity index (χ2n) is 9.52. The van der Waals surface area contributed by atoms with Crippen LogP contribution in [0.2, 0.25) is 0 Å². The lowest BCUT2D eigenvalue weighted by atomic mass is 9.61. The van der Waals surface area contributed by atoms with E-state index in [0.717, 1.165) is 24.4 Å². The van der Waals surface area contributed by atoms with Crippen LogP contribution in [0, 0.1) is 23.2 Å². The maximum Gasteiger partial charge on any atom is 0.0922 e. The van der Waals surface area contributed by atoms with Gasteiger partial charge in [-0.25, -0.2) is 0 Å². The van der Waals surface area contributed by atoms with Crippen molar-refractivity contribution in [1.82, 2.24) is 0 Å². The fourth-order valence-electron chi connectivity index (χ4n) is 6.19. The smallest absolute Gasteiger partial charge is 0.0922 e. The van der Waals surface area contributed by atoms with Crippen LogP contribution in [-0.4, -0.2) is 6.61 Å². The van der Waals surface area contributed by atoms with Crippen LogP contribution < -0.4 is 10.6 Å². The molecule has 0 bridgehead atoms. The molecule has 160 valence electrons. The highest BCUT2D eigenvalue weighted by molar-refractivity contribution is 7.68. The Hall–Kier alpha value is -1.43. The summed E-state index contributed by atoms with van der Waals surface area (Å²) in [7, 11) is -0.771. The number of benzene rings is 2. The van der Waals surface area contributed by atoms with Gasteiger partial charge < -0.3 is 4.52 Å². The van der Waals surface area contributed by atoms with Crippen molar-refractivity contribution in [3.63, 3.8) is 0 Å². The summed E-state index contributed by atoms with van der Waals surface area (Å²) >= 11 is 0. The van der Waals surface area contributed by atoms with Crippen molar-refractivity contribution in [2.45, 2.75) is 59.3 Å². The first-order valence-electron chi connectivity index (χ1n) is 11.9. The normalized spacial score (nSPS) is 28.6. The predicted molar refractivity (Wildman–Crippen MR) is 131 cm³/mol. The van der Waals surface area contributed by atoms with Gasteiger partial charge in [0.1, 0.15) is 0 Å². The maximum atomic E-state index is 6.58. The molecule has 4 rings (SSSR count). The minimum Gasteiger partial charge on any atom is -0.346 e. The van der Waals surface area contributed by atoms with E-state index < -0.39 is 8.15 Å². The van der Waals surface area contributed by atoms with Gasteiger partial charge >= 0.3 is 0 Å². The second kappa shape index (κ2) is 9.80. The van der Waals surface area contributed by atoms with Crippen molar-refractivity contribution >= 4 is 18.8 Å². The van der Waals surface area contributed by atoms with Gasteiger partial charge in [0, 0.05) is 10.6 Å². The molecule has 2 heteroatoms. The molecule has 0 radical (unpaired) electrons. The predicted octanol–water partition coefficient (Wildman–Crippen LogP) is 7.24. The molecule has 2 aromatic carbocycles. The van der Waals surface area contributed by atoms with E-state index in [1.165, 1.54) is 49.1 Å². The molecule has 2 fully saturated rings. The largest absolute Gasteiger partial charge is 0.346 e. The van der Waals surface area contributed by atoms with Crippen LogP contribution in [0.5, 0.6) is 0 Å². The third-order valence-electron chi connectivity index (χ3n) is 7.90. The van der Waals surface area contributed by atoms with E-state index in [1.54, 1.807) is 5.57 Å². The molecule has 4 atom stereocenters. The first-order chi connectivity index (χ1) is 14.6. The summed E-state index contributed by atoms with van der Waals surface area (Å²) in [4.78, 5) is 0. The van der Waals surface area contributed by atoms with Gasteiger partial charge in [-0.05, 0) is 55.3 Å². The van der Waals surface area contributed by atoms with E-state index in [-0.39, 0.29) is 0 Å². The molecule has 2 saturated carbocycles. The third kappa shape index (κ3) is 4.44. The first kappa shape index (κ1) is 21.8. The van der Waals surface area contributed by atoms with Gasteiger partial charge in [-0.1, -0.05) is 99.5 Å². The minimum absolute atomic E-state index is 0.503. The first-order valence-corrected chi connectivity index (χ1v) is 13.1. The van der Waals surface area contributed by atoms with Crippen molar-refractivity contribution in [2.75, 3.05) is 6.61 Å². The van der Waals surface area contributed by atoms with Crippen molar-refractivity contribution in [3.8, 4) is 0 Å². The minimum atomic E-state index is -0.771. The molecule has 2 aromatic rings. The zero-order chi connectivity index (χ0) is 21.0. The summed E-state index contributed by atoms with van der Waals surface area (Å²) in [5.74, 6) is 2.51. The van der Waals surface area contributed by atoms with Crippen molar-refractivity contribution < 1.29 is 4.52 Å². The topological polar surface area (TPSA) is 9.23 Å². The summed E-state index contributed by atoms with van der Waals surface area (Å²) in [5.41, 5.74) is 2.19. The summed E-state index contributed by atoms with van der Waals surface area (Å²) in [6.07, 6.45) is 10.6. The SMILES string of the molecule is CC[C@H](C)[C@H]1CC[C@H]2C(=CCOP(c3ccccc3)c3ccccc3)CCC[C@]12C. The monoisotopic (exact) mass is 420 g/mol. The molecule has 0 amide bonds. The second-order valence-corrected chi connectivity index (χ2v) is 11.4. The maximum absolute atomic E-state index is 6.58. The average molecular weight is 421 g/mol. The Bertz CT molecular complexity index is 791. The van der Waals surface area contributed by atoms with Crippen LogP contribution >= 0.6 is 8.15 Å². The van der Waals surface area contributed by atoms with Crippen LogP contribution in [0.4, 0.5) is 0 Å². The highest BCUT2D eigenvalue weighted by Gasteiger charge is 2.50. The van der Waals surface area contributed by atoms with E-state index in [9.17, 15) is 0 Å². The highest BCUT2D eigenvalue weighted by atomic mass is 31.1. The summed E-state index contributed by atoms with van der Waals surface area (Å²) < 4.78 is 6.58. The van der Waals surface area contributed by atoms with Crippen LogP contribution in [0.3, 0.4) is 0 Å². The Morgan fingerprint density at radius 3 is 2.27 bits per heavy atom. The Balaban J connectivity index is 1.50.